The minimum absolute atomic E-state index is 0.0474. The maximum Gasteiger partial charge on any atom is 0.271 e. The Morgan fingerprint density at radius 2 is 1.73 bits per heavy atom. The Balaban J connectivity index is 2.11. The van der Waals surface area contributed by atoms with Gasteiger partial charge in [-0.05, 0) is 43.3 Å². The van der Waals surface area contributed by atoms with Crippen LogP contribution < -0.4 is 4.74 Å². The van der Waals surface area contributed by atoms with Gasteiger partial charge in [0.25, 0.3) is 10.0 Å². The lowest BCUT2D eigenvalue weighted by Gasteiger charge is -2.11. The Morgan fingerprint density at radius 3 is 2.43 bits per heavy atom. The first kappa shape index (κ1) is 19.6. The van der Waals surface area contributed by atoms with E-state index in [4.69, 9.17) is 4.74 Å². The molecule has 0 radical (unpaired) electrons. The first-order chi connectivity index (χ1) is 14.5. The highest BCUT2D eigenvalue weighted by atomic mass is 32.2. The lowest BCUT2D eigenvalue weighted by molar-refractivity contribution is 0.341. The van der Waals surface area contributed by atoms with E-state index >= 15 is 0 Å². The Labute approximate surface area is 174 Å². The summed E-state index contributed by atoms with van der Waals surface area (Å²) >= 11 is 0. The quantitative estimate of drug-likeness (QED) is 0.514. The zero-order valence-corrected chi connectivity index (χ0v) is 16.9. The van der Waals surface area contributed by atoms with E-state index in [1.54, 1.807) is 48.5 Å². The summed E-state index contributed by atoms with van der Waals surface area (Å²) in [6, 6.07) is 21.7. The molecule has 0 atom stereocenters. The van der Waals surface area contributed by atoms with Crippen molar-refractivity contribution in [2.75, 3.05) is 6.61 Å². The van der Waals surface area contributed by atoms with Gasteiger partial charge in [0, 0.05) is 10.9 Å². The van der Waals surface area contributed by atoms with Crippen molar-refractivity contribution in [3.63, 3.8) is 0 Å². The van der Waals surface area contributed by atoms with E-state index in [9.17, 15) is 18.8 Å². The van der Waals surface area contributed by atoms with Gasteiger partial charge in [0.05, 0.1) is 34.2 Å². The fourth-order valence-corrected chi connectivity index (χ4v) is 4.93. The molecule has 150 valence electrons. The van der Waals surface area contributed by atoms with Crippen LogP contribution in [0.15, 0.2) is 77.7 Å². The van der Waals surface area contributed by atoms with E-state index in [0.717, 1.165) is 3.97 Å². The van der Waals surface area contributed by atoms with Crippen molar-refractivity contribution in [1.82, 2.24) is 3.97 Å². The second-order valence-electron chi connectivity index (χ2n) is 6.55. The fraction of sp³-hybridized carbons (Fsp3) is 0.0870. The zero-order chi connectivity index (χ0) is 21.3. The van der Waals surface area contributed by atoms with E-state index in [1.165, 1.54) is 24.3 Å². The van der Waals surface area contributed by atoms with Gasteiger partial charge in [-0.1, -0.05) is 36.4 Å². The van der Waals surface area contributed by atoms with Crippen molar-refractivity contribution in [3.8, 4) is 28.8 Å². The number of benzene rings is 3. The minimum Gasteiger partial charge on any atom is -0.493 e. The number of hydrogen-bond acceptors (Lipinski definition) is 5. The lowest BCUT2D eigenvalue weighted by atomic mass is 10.0. The summed E-state index contributed by atoms with van der Waals surface area (Å²) in [4.78, 5) is 0.0474. The molecule has 6 nitrogen and oxygen atoms in total. The van der Waals surface area contributed by atoms with Crippen molar-refractivity contribution >= 4 is 20.9 Å². The first-order valence-corrected chi connectivity index (χ1v) is 10.7. The van der Waals surface area contributed by atoms with Gasteiger partial charge in [-0.2, -0.15) is 5.26 Å². The molecule has 0 aliphatic rings. The summed E-state index contributed by atoms with van der Waals surface area (Å²) < 4.78 is 33.4. The molecule has 0 bridgehead atoms. The third-order valence-corrected chi connectivity index (χ3v) is 6.49. The number of hydrogen-bond donors (Lipinski definition) is 1. The van der Waals surface area contributed by atoms with Crippen LogP contribution in [0.1, 0.15) is 12.5 Å². The van der Waals surface area contributed by atoms with Gasteiger partial charge < -0.3 is 9.84 Å². The molecular formula is C23H18N2O4S. The molecule has 0 saturated carbocycles. The zero-order valence-electron chi connectivity index (χ0n) is 16.1. The molecule has 1 heterocycles. The maximum atomic E-state index is 13.4. The third-order valence-electron chi connectivity index (χ3n) is 4.77. The van der Waals surface area contributed by atoms with E-state index in [0.29, 0.717) is 34.4 Å². The van der Waals surface area contributed by atoms with Gasteiger partial charge >= 0.3 is 0 Å². The van der Waals surface area contributed by atoms with Crippen molar-refractivity contribution in [2.24, 2.45) is 0 Å². The second-order valence-corrected chi connectivity index (χ2v) is 8.34. The average molecular weight is 418 g/mol. The Hall–Kier alpha value is -3.76. The maximum absolute atomic E-state index is 13.4. The van der Waals surface area contributed by atoms with Gasteiger partial charge in [-0.25, -0.2) is 12.4 Å². The van der Waals surface area contributed by atoms with Gasteiger partial charge in [0.2, 0.25) is 5.88 Å². The standard InChI is InChI=1S/C23H18N2O4S/c1-2-29-21-11-7-6-10-18(21)22-19-14-16(15-24)12-13-20(19)25(23(22)26)30(27,28)17-8-4-3-5-9-17/h3-14,26H,2H2,1H3. The third kappa shape index (κ3) is 3.08. The van der Waals surface area contributed by atoms with Crippen LogP contribution >= 0.6 is 0 Å². The smallest absolute Gasteiger partial charge is 0.271 e. The van der Waals surface area contributed by atoms with Crippen LogP contribution in [-0.2, 0) is 10.0 Å². The molecule has 0 amide bonds. The molecule has 0 aliphatic heterocycles. The SMILES string of the molecule is CCOc1ccccc1-c1c(O)n(S(=O)(=O)c2ccccc2)c2ccc(C#N)cc12. The lowest BCUT2D eigenvalue weighted by Crippen LogP contribution is -2.12. The largest absolute Gasteiger partial charge is 0.493 e. The number of ether oxygens (including phenoxy) is 1. The highest BCUT2D eigenvalue weighted by Crippen LogP contribution is 2.45. The van der Waals surface area contributed by atoms with Gasteiger partial charge in [0.15, 0.2) is 0 Å². The Morgan fingerprint density at radius 1 is 1.03 bits per heavy atom. The van der Waals surface area contributed by atoms with Gasteiger partial charge in [-0.15, -0.1) is 0 Å². The highest BCUT2D eigenvalue weighted by molar-refractivity contribution is 7.90. The summed E-state index contributed by atoms with van der Waals surface area (Å²) in [5.74, 6) is 0.0740. The summed E-state index contributed by atoms with van der Waals surface area (Å²) in [7, 11) is -4.09. The number of fused-ring (bicyclic) bond motifs is 1. The molecular weight excluding hydrogens is 400 g/mol. The van der Waals surface area contributed by atoms with Crippen LogP contribution in [0.4, 0.5) is 0 Å². The predicted molar refractivity (Wildman–Crippen MR) is 114 cm³/mol. The normalized spacial score (nSPS) is 11.3. The van der Waals surface area contributed by atoms with Crippen LogP contribution in [-0.4, -0.2) is 24.1 Å². The number of nitriles is 1. The van der Waals surface area contributed by atoms with Crippen LogP contribution in [0.2, 0.25) is 0 Å². The molecule has 1 N–H and O–H groups in total. The van der Waals surface area contributed by atoms with Crippen molar-refractivity contribution in [1.29, 1.82) is 5.26 Å². The fourth-order valence-electron chi connectivity index (χ4n) is 3.48. The van der Waals surface area contributed by atoms with E-state index in [2.05, 4.69) is 6.07 Å². The molecule has 30 heavy (non-hydrogen) atoms. The van der Waals surface area contributed by atoms with Gasteiger partial charge in [0.1, 0.15) is 5.75 Å². The van der Waals surface area contributed by atoms with Crippen molar-refractivity contribution in [2.45, 2.75) is 11.8 Å². The molecule has 3 aromatic carbocycles. The van der Waals surface area contributed by atoms with Crippen LogP contribution in [0.3, 0.4) is 0 Å². The summed E-state index contributed by atoms with van der Waals surface area (Å²) in [6.45, 7) is 2.25. The highest BCUT2D eigenvalue weighted by Gasteiger charge is 2.28. The Bertz CT molecular complexity index is 1380. The summed E-state index contributed by atoms with van der Waals surface area (Å²) in [5, 5.41) is 21.0. The second kappa shape index (κ2) is 7.58. The first-order valence-electron chi connectivity index (χ1n) is 9.29. The molecule has 4 rings (SSSR count). The molecule has 0 spiro atoms. The van der Waals surface area contributed by atoms with Crippen LogP contribution in [0.25, 0.3) is 22.0 Å². The number of aromatic hydroxyl groups is 1. The molecule has 4 aromatic rings. The average Bonchev–Trinajstić information content (AvgIpc) is 3.06. The topological polar surface area (TPSA) is 92.3 Å². The van der Waals surface area contributed by atoms with Crippen molar-refractivity contribution in [3.05, 3.63) is 78.4 Å². The molecule has 0 saturated heterocycles. The van der Waals surface area contributed by atoms with Crippen molar-refractivity contribution < 1.29 is 18.3 Å². The monoisotopic (exact) mass is 418 g/mol. The van der Waals surface area contributed by atoms with Gasteiger partial charge in [-0.3, -0.25) is 0 Å². The van der Waals surface area contributed by atoms with E-state index < -0.39 is 15.9 Å². The summed E-state index contributed by atoms with van der Waals surface area (Å²) in [5.41, 5.74) is 1.47. The number of nitrogens with zero attached hydrogens (tertiary/aromatic N) is 2. The molecule has 7 heteroatoms. The molecule has 0 fully saturated rings. The van der Waals surface area contributed by atoms with E-state index in [-0.39, 0.29) is 10.4 Å². The number of rotatable bonds is 5. The van der Waals surface area contributed by atoms with E-state index in [1.807, 2.05) is 6.92 Å². The van der Waals surface area contributed by atoms with Crippen LogP contribution in [0.5, 0.6) is 11.6 Å². The van der Waals surface area contributed by atoms with Crippen LogP contribution in [0, 0.1) is 11.3 Å². The molecule has 0 aliphatic carbocycles. The Kier molecular flexibility index (Phi) is 4.94. The number of aromatic nitrogens is 1. The number of para-hydroxylation sites is 1. The minimum atomic E-state index is -4.09. The summed E-state index contributed by atoms with van der Waals surface area (Å²) in [6.07, 6.45) is 0. The predicted octanol–water partition coefficient (Wildman–Crippen LogP) is 4.52. The molecule has 0 unspecified atom stereocenters. The molecule has 1 aromatic heterocycles.